The molecule has 104 valence electrons. The largest absolute Gasteiger partial charge is 0.269 e. The summed E-state index contributed by atoms with van der Waals surface area (Å²) in [6.45, 7) is 1.96. The van der Waals surface area contributed by atoms with Crippen LogP contribution in [-0.2, 0) is 9.73 Å². The summed E-state index contributed by atoms with van der Waals surface area (Å²) in [5.41, 5.74) is 1.70. The van der Waals surface area contributed by atoms with E-state index in [9.17, 15) is 14.3 Å². The highest BCUT2D eigenvalue weighted by molar-refractivity contribution is 7.93. The monoisotopic (exact) mass is 290 g/mol. The fourth-order valence-corrected chi connectivity index (χ4v) is 2.95. The van der Waals surface area contributed by atoms with Gasteiger partial charge in [0.05, 0.1) is 20.3 Å². The summed E-state index contributed by atoms with van der Waals surface area (Å²) in [5.74, 6) is 0. The predicted octanol–water partition coefficient (Wildman–Crippen LogP) is 3.69. The SMILES string of the molecule is Cc1ccc(N=S(C)(=O)c2ccc([N+](=O)[O-])cc2)cc1. The zero-order valence-corrected chi connectivity index (χ0v) is 12.0. The van der Waals surface area contributed by atoms with Crippen LogP contribution in [0.2, 0.25) is 0 Å². The molecule has 0 saturated heterocycles. The molecule has 0 amide bonds. The van der Waals surface area contributed by atoms with Crippen LogP contribution in [0.3, 0.4) is 0 Å². The van der Waals surface area contributed by atoms with Crippen molar-refractivity contribution in [1.82, 2.24) is 0 Å². The molecule has 0 aromatic heterocycles. The van der Waals surface area contributed by atoms with Gasteiger partial charge in [-0.05, 0) is 31.2 Å². The summed E-state index contributed by atoms with van der Waals surface area (Å²) in [6.07, 6.45) is 1.52. The van der Waals surface area contributed by atoms with Crippen molar-refractivity contribution >= 4 is 21.1 Å². The molecule has 6 heteroatoms. The van der Waals surface area contributed by atoms with Crippen molar-refractivity contribution in [3.05, 3.63) is 64.2 Å². The van der Waals surface area contributed by atoms with Gasteiger partial charge in [-0.25, -0.2) is 4.21 Å². The number of hydrogen-bond donors (Lipinski definition) is 0. The lowest BCUT2D eigenvalue weighted by molar-refractivity contribution is -0.384. The third-order valence-electron chi connectivity index (χ3n) is 2.80. The maximum absolute atomic E-state index is 12.6. The lowest BCUT2D eigenvalue weighted by Gasteiger charge is -2.04. The molecule has 0 aliphatic heterocycles. The van der Waals surface area contributed by atoms with Crippen LogP contribution in [-0.4, -0.2) is 15.4 Å². The number of rotatable bonds is 3. The molecule has 2 aromatic carbocycles. The van der Waals surface area contributed by atoms with E-state index in [-0.39, 0.29) is 5.69 Å². The van der Waals surface area contributed by atoms with E-state index < -0.39 is 14.7 Å². The lowest BCUT2D eigenvalue weighted by atomic mass is 10.2. The molecule has 0 bridgehead atoms. The first kappa shape index (κ1) is 14.2. The Morgan fingerprint density at radius 2 is 1.60 bits per heavy atom. The molecule has 0 spiro atoms. The predicted molar refractivity (Wildman–Crippen MR) is 78.7 cm³/mol. The molecule has 5 nitrogen and oxygen atoms in total. The van der Waals surface area contributed by atoms with E-state index in [2.05, 4.69) is 4.36 Å². The van der Waals surface area contributed by atoms with Gasteiger partial charge in [-0.15, -0.1) is 0 Å². The van der Waals surface area contributed by atoms with Gasteiger partial charge in [0, 0.05) is 23.3 Å². The highest BCUT2D eigenvalue weighted by Gasteiger charge is 2.10. The highest BCUT2D eigenvalue weighted by atomic mass is 32.2. The molecular weight excluding hydrogens is 276 g/mol. The maximum Gasteiger partial charge on any atom is 0.269 e. The smallest absolute Gasteiger partial charge is 0.258 e. The van der Waals surface area contributed by atoms with Gasteiger partial charge in [-0.3, -0.25) is 10.1 Å². The van der Waals surface area contributed by atoms with Crippen LogP contribution in [0, 0.1) is 17.0 Å². The van der Waals surface area contributed by atoms with Gasteiger partial charge in [0.15, 0.2) is 0 Å². The summed E-state index contributed by atoms with van der Waals surface area (Å²) in [7, 11) is -2.62. The van der Waals surface area contributed by atoms with E-state index in [0.29, 0.717) is 10.6 Å². The number of non-ortho nitro benzene ring substituents is 1. The first-order valence-corrected chi connectivity index (χ1v) is 7.84. The van der Waals surface area contributed by atoms with E-state index in [0.717, 1.165) is 5.56 Å². The second kappa shape index (κ2) is 5.42. The molecular formula is C14H14N2O3S. The van der Waals surface area contributed by atoms with Crippen LogP contribution < -0.4 is 0 Å². The minimum Gasteiger partial charge on any atom is -0.258 e. The molecule has 0 fully saturated rings. The Bertz CT molecular complexity index is 743. The Morgan fingerprint density at radius 3 is 2.10 bits per heavy atom. The Labute approximate surface area is 117 Å². The average Bonchev–Trinajstić information content (AvgIpc) is 2.41. The Hall–Kier alpha value is -2.21. The highest BCUT2D eigenvalue weighted by Crippen LogP contribution is 2.21. The number of aryl methyl sites for hydroxylation is 1. The first-order chi connectivity index (χ1) is 9.38. The topological polar surface area (TPSA) is 72.6 Å². The van der Waals surface area contributed by atoms with E-state index in [1.807, 2.05) is 19.1 Å². The van der Waals surface area contributed by atoms with E-state index >= 15 is 0 Å². The van der Waals surface area contributed by atoms with Crippen molar-refractivity contribution in [2.75, 3.05) is 6.26 Å². The molecule has 20 heavy (non-hydrogen) atoms. The average molecular weight is 290 g/mol. The normalized spacial score (nSPS) is 13.5. The molecule has 2 rings (SSSR count). The van der Waals surface area contributed by atoms with Crippen LogP contribution >= 0.6 is 0 Å². The van der Waals surface area contributed by atoms with E-state index in [1.165, 1.54) is 30.5 Å². The molecule has 1 atom stereocenters. The fraction of sp³-hybridized carbons (Fsp3) is 0.143. The standard InChI is InChI=1S/C14H14N2O3S/c1-11-3-5-12(6-4-11)15-20(2,19)14-9-7-13(8-10-14)16(17)18/h3-10H,1-2H3. The van der Waals surface area contributed by atoms with Gasteiger partial charge in [0.2, 0.25) is 0 Å². The second-order valence-corrected chi connectivity index (χ2v) is 6.74. The van der Waals surface area contributed by atoms with E-state index in [4.69, 9.17) is 0 Å². The third-order valence-corrected chi connectivity index (χ3v) is 4.50. The number of nitro groups is 1. The van der Waals surface area contributed by atoms with Crippen molar-refractivity contribution in [3.8, 4) is 0 Å². The first-order valence-electron chi connectivity index (χ1n) is 5.92. The Kier molecular flexibility index (Phi) is 3.85. The zero-order valence-electron chi connectivity index (χ0n) is 11.1. The van der Waals surface area contributed by atoms with Gasteiger partial charge in [-0.2, -0.15) is 4.36 Å². The Morgan fingerprint density at radius 1 is 1.05 bits per heavy atom. The van der Waals surface area contributed by atoms with Crippen LogP contribution in [0.4, 0.5) is 11.4 Å². The molecule has 2 aromatic rings. The Balaban J connectivity index is 2.41. The lowest BCUT2D eigenvalue weighted by Crippen LogP contribution is -1.97. The van der Waals surface area contributed by atoms with Crippen molar-refractivity contribution in [3.63, 3.8) is 0 Å². The molecule has 0 aliphatic carbocycles. The number of nitrogens with zero attached hydrogens (tertiary/aromatic N) is 2. The second-order valence-electron chi connectivity index (χ2n) is 4.48. The van der Waals surface area contributed by atoms with Crippen LogP contribution in [0.25, 0.3) is 0 Å². The van der Waals surface area contributed by atoms with Gasteiger partial charge < -0.3 is 0 Å². The number of nitro benzene ring substituents is 1. The molecule has 0 radical (unpaired) electrons. The van der Waals surface area contributed by atoms with Crippen molar-refractivity contribution in [2.24, 2.45) is 4.36 Å². The van der Waals surface area contributed by atoms with Gasteiger partial charge in [-0.1, -0.05) is 17.7 Å². The molecule has 0 heterocycles. The summed E-state index contributed by atoms with van der Waals surface area (Å²) < 4.78 is 16.8. The quantitative estimate of drug-likeness (QED) is 0.639. The van der Waals surface area contributed by atoms with Gasteiger partial charge >= 0.3 is 0 Å². The van der Waals surface area contributed by atoms with Crippen molar-refractivity contribution in [2.45, 2.75) is 11.8 Å². The van der Waals surface area contributed by atoms with Crippen LogP contribution in [0.15, 0.2) is 57.8 Å². The van der Waals surface area contributed by atoms with Crippen molar-refractivity contribution in [1.29, 1.82) is 0 Å². The summed E-state index contributed by atoms with van der Waals surface area (Å²) in [6, 6.07) is 13.0. The van der Waals surface area contributed by atoms with Crippen LogP contribution in [0.1, 0.15) is 5.56 Å². The summed E-state index contributed by atoms with van der Waals surface area (Å²) in [4.78, 5) is 10.6. The third kappa shape index (κ3) is 3.21. The van der Waals surface area contributed by atoms with E-state index in [1.54, 1.807) is 12.1 Å². The minimum atomic E-state index is -2.62. The van der Waals surface area contributed by atoms with Crippen LogP contribution in [0.5, 0.6) is 0 Å². The fourth-order valence-electron chi connectivity index (χ4n) is 1.68. The molecule has 1 unspecified atom stereocenters. The molecule has 0 aliphatic rings. The van der Waals surface area contributed by atoms with Crippen molar-refractivity contribution < 1.29 is 9.13 Å². The van der Waals surface area contributed by atoms with Gasteiger partial charge in [0.25, 0.3) is 5.69 Å². The zero-order chi connectivity index (χ0) is 14.8. The number of hydrogen-bond acceptors (Lipinski definition) is 4. The summed E-state index contributed by atoms with van der Waals surface area (Å²) in [5, 5.41) is 10.6. The molecule has 0 N–H and O–H groups in total. The number of benzene rings is 2. The van der Waals surface area contributed by atoms with Gasteiger partial charge in [0.1, 0.15) is 0 Å². The molecule has 0 saturated carbocycles. The maximum atomic E-state index is 12.6. The minimum absolute atomic E-state index is 0.0284. The summed E-state index contributed by atoms with van der Waals surface area (Å²) >= 11 is 0.